The van der Waals surface area contributed by atoms with Crippen LogP contribution < -0.4 is 0 Å². The van der Waals surface area contributed by atoms with Crippen LogP contribution >= 0.6 is 0 Å². The van der Waals surface area contributed by atoms with Gasteiger partial charge in [0.1, 0.15) is 6.67 Å². The molecule has 1 unspecified atom stereocenters. The van der Waals surface area contributed by atoms with E-state index in [1.165, 1.54) is 0 Å². The zero-order valence-corrected chi connectivity index (χ0v) is 8.01. The van der Waals surface area contributed by atoms with Crippen LogP contribution in [0.15, 0.2) is 17.4 Å². The average Bonchev–Trinajstić information content (AvgIpc) is 2.64. The van der Waals surface area contributed by atoms with Crippen LogP contribution in [-0.2, 0) is 6.67 Å². The van der Waals surface area contributed by atoms with Crippen molar-refractivity contribution in [1.82, 2.24) is 14.8 Å². The summed E-state index contributed by atoms with van der Waals surface area (Å²) in [5.74, 6) is 0. The van der Waals surface area contributed by atoms with Crippen molar-refractivity contribution in [3.63, 3.8) is 0 Å². The molecule has 70 valence electrons. The predicted octanol–water partition coefficient (Wildman–Crippen LogP) is 1.23. The molecule has 0 aromatic carbocycles. The fourth-order valence-electron chi connectivity index (χ4n) is 1.41. The molecule has 0 N–H and O–H groups in total. The van der Waals surface area contributed by atoms with Gasteiger partial charge in [-0.1, -0.05) is 0 Å². The molecule has 1 aromatic heterocycles. The van der Waals surface area contributed by atoms with E-state index in [0.29, 0.717) is 6.04 Å². The van der Waals surface area contributed by atoms with Crippen LogP contribution in [-0.4, -0.2) is 27.0 Å². The van der Waals surface area contributed by atoms with Crippen LogP contribution in [0.2, 0.25) is 0 Å². The van der Waals surface area contributed by atoms with Gasteiger partial charge in [0.15, 0.2) is 0 Å². The van der Waals surface area contributed by atoms with Gasteiger partial charge in [-0.3, -0.25) is 9.69 Å². The summed E-state index contributed by atoms with van der Waals surface area (Å²) in [4.78, 5) is 0. The van der Waals surface area contributed by atoms with Gasteiger partial charge in [-0.2, -0.15) is 10.2 Å². The standard InChI is InChI=1S/C9H14N4/c1-8-4-6-12(11-8)7-13-9(2)3-5-10-13/h4-6,9H,3,7H2,1-2H3. The molecule has 2 heterocycles. The van der Waals surface area contributed by atoms with Gasteiger partial charge < -0.3 is 0 Å². The molecule has 13 heavy (non-hydrogen) atoms. The third-order valence-corrected chi connectivity index (χ3v) is 2.25. The molecule has 4 heteroatoms. The molecule has 1 atom stereocenters. The van der Waals surface area contributed by atoms with Gasteiger partial charge in [0, 0.05) is 18.8 Å². The van der Waals surface area contributed by atoms with Crippen LogP contribution in [0.5, 0.6) is 0 Å². The van der Waals surface area contributed by atoms with Gasteiger partial charge in [-0.25, -0.2) is 0 Å². The Labute approximate surface area is 77.8 Å². The average molecular weight is 178 g/mol. The molecule has 1 aromatic rings. The number of hydrogen-bond donors (Lipinski definition) is 0. The molecular weight excluding hydrogens is 164 g/mol. The molecule has 0 saturated heterocycles. The SMILES string of the molecule is Cc1ccn(CN2N=CCC2C)n1. The number of hydrogen-bond acceptors (Lipinski definition) is 3. The summed E-state index contributed by atoms with van der Waals surface area (Å²) in [5.41, 5.74) is 1.05. The van der Waals surface area contributed by atoms with Crippen LogP contribution in [0.25, 0.3) is 0 Å². The maximum Gasteiger partial charge on any atom is 0.128 e. The van der Waals surface area contributed by atoms with Crippen LogP contribution in [0.3, 0.4) is 0 Å². The first kappa shape index (κ1) is 8.29. The molecule has 1 aliphatic heterocycles. The summed E-state index contributed by atoms with van der Waals surface area (Å²) >= 11 is 0. The van der Waals surface area contributed by atoms with E-state index in [-0.39, 0.29) is 0 Å². The minimum absolute atomic E-state index is 0.504. The van der Waals surface area contributed by atoms with Crippen LogP contribution in [0, 0.1) is 6.92 Å². The summed E-state index contributed by atoms with van der Waals surface area (Å²) in [6.45, 7) is 4.92. The number of aryl methyl sites for hydroxylation is 1. The molecule has 0 amide bonds. The highest BCUT2D eigenvalue weighted by molar-refractivity contribution is 5.59. The first-order valence-corrected chi connectivity index (χ1v) is 4.55. The molecule has 0 fully saturated rings. The second kappa shape index (κ2) is 3.20. The van der Waals surface area contributed by atoms with E-state index < -0.39 is 0 Å². The lowest BCUT2D eigenvalue weighted by atomic mass is 10.3. The molecular formula is C9H14N4. The lowest BCUT2D eigenvalue weighted by Crippen LogP contribution is -2.26. The normalized spacial score (nSPS) is 21.4. The molecule has 1 aliphatic rings. The van der Waals surface area contributed by atoms with Gasteiger partial charge in [0.05, 0.1) is 11.7 Å². The summed E-state index contributed by atoms with van der Waals surface area (Å²) in [7, 11) is 0. The van der Waals surface area contributed by atoms with Gasteiger partial charge in [0.25, 0.3) is 0 Å². The van der Waals surface area contributed by atoms with Crippen molar-refractivity contribution >= 4 is 6.21 Å². The van der Waals surface area contributed by atoms with Crippen LogP contribution in [0.1, 0.15) is 19.0 Å². The first-order chi connectivity index (χ1) is 6.25. The summed E-state index contributed by atoms with van der Waals surface area (Å²) in [5, 5.41) is 10.6. The molecule has 2 rings (SSSR count). The van der Waals surface area contributed by atoms with E-state index in [1.807, 2.05) is 35.1 Å². The Hall–Kier alpha value is -1.32. The van der Waals surface area contributed by atoms with Crippen molar-refractivity contribution in [3.8, 4) is 0 Å². The van der Waals surface area contributed by atoms with Gasteiger partial charge in [-0.05, 0) is 19.9 Å². The van der Waals surface area contributed by atoms with E-state index in [2.05, 4.69) is 17.1 Å². The Morgan fingerprint density at radius 1 is 1.62 bits per heavy atom. The third kappa shape index (κ3) is 1.71. The quantitative estimate of drug-likeness (QED) is 0.682. The Morgan fingerprint density at radius 2 is 2.46 bits per heavy atom. The zero-order chi connectivity index (χ0) is 9.26. The van der Waals surface area contributed by atoms with Gasteiger partial charge in [-0.15, -0.1) is 0 Å². The highest BCUT2D eigenvalue weighted by Gasteiger charge is 2.15. The van der Waals surface area contributed by atoms with Crippen molar-refractivity contribution in [2.45, 2.75) is 33.0 Å². The lowest BCUT2D eigenvalue weighted by Gasteiger charge is -2.19. The molecule has 0 aliphatic carbocycles. The molecule has 4 nitrogen and oxygen atoms in total. The highest BCUT2D eigenvalue weighted by Crippen LogP contribution is 2.10. The van der Waals surface area contributed by atoms with E-state index in [0.717, 1.165) is 18.8 Å². The Balaban J connectivity index is 2.01. The van der Waals surface area contributed by atoms with Crippen molar-refractivity contribution in [3.05, 3.63) is 18.0 Å². The Morgan fingerprint density at radius 3 is 3.00 bits per heavy atom. The number of rotatable bonds is 2. The van der Waals surface area contributed by atoms with Gasteiger partial charge in [0.2, 0.25) is 0 Å². The first-order valence-electron chi connectivity index (χ1n) is 4.55. The highest BCUT2D eigenvalue weighted by atomic mass is 15.5. The Kier molecular flexibility index (Phi) is 2.04. The second-order valence-corrected chi connectivity index (χ2v) is 3.46. The van der Waals surface area contributed by atoms with E-state index >= 15 is 0 Å². The zero-order valence-electron chi connectivity index (χ0n) is 8.01. The largest absolute Gasteiger partial charge is 0.273 e. The maximum absolute atomic E-state index is 4.31. The topological polar surface area (TPSA) is 33.4 Å². The number of aromatic nitrogens is 2. The molecule has 0 radical (unpaired) electrons. The molecule has 0 spiro atoms. The van der Waals surface area contributed by atoms with Gasteiger partial charge >= 0.3 is 0 Å². The number of hydrazone groups is 1. The number of nitrogens with zero attached hydrogens (tertiary/aromatic N) is 4. The second-order valence-electron chi connectivity index (χ2n) is 3.46. The summed E-state index contributed by atoms with van der Waals surface area (Å²) < 4.78 is 1.91. The lowest BCUT2D eigenvalue weighted by molar-refractivity contribution is 0.181. The maximum atomic E-state index is 4.31. The molecule has 0 saturated carbocycles. The predicted molar refractivity (Wildman–Crippen MR) is 51.4 cm³/mol. The van der Waals surface area contributed by atoms with Crippen molar-refractivity contribution in [2.24, 2.45) is 5.10 Å². The van der Waals surface area contributed by atoms with E-state index in [9.17, 15) is 0 Å². The van der Waals surface area contributed by atoms with Crippen LogP contribution in [0.4, 0.5) is 0 Å². The summed E-state index contributed by atoms with van der Waals surface area (Å²) in [6.07, 6.45) is 4.98. The Bertz CT molecular complexity index is 315. The minimum atomic E-state index is 0.504. The monoisotopic (exact) mass is 178 g/mol. The summed E-state index contributed by atoms with van der Waals surface area (Å²) in [6, 6.07) is 2.51. The van der Waals surface area contributed by atoms with E-state index in [1.54, 1.807) is 0 Å². The fourth-order valence-corrected chi connectivity index (χ4v) is 1.41. The third-order valence-electron chi connectivity index (χ3n) is 2.25. The molecule has 0 bridgehead atoms. The minimum Gasteiger partial charge on any atom is -0.273 e. The fraction of sp³-hybridized carbons (Fsp3) is 0.556. The van der Waals surface area contributed by atoms with E-state index in [4.69, 9.17) is 0 Å². The van der Waals surface area contributed by atoms with Crippen molar-refractivity contribution in [1.29, 1.82) is 0 Å². The smallest absolute Gasteiger partial charge is 0.128 e. The van der Waals surface area contributed by atoms with Crippen molar-refractivity contribution < 1.29 is 0 Å². The van der Waals surface area contributed by atoms with Crippen molar-refractivity contribution in [2.75, 3.05) is 0 Å².